The minimum Gasteiger partial charge on any atom is -0.442 e. The summed E-state index contributed by atoms with van der Waals surface area (Å²) in [6.45, 7) is 1.61. The van der Waals surface area contributed by atoms with E-state index in [1.165, 1.54) is 24.7 Å². The lowest BCUT2D eigenvalue weighted by atomic mass is 10.0. The number of aromatic nitrogens is 3. The summed E-state index contributed by atoms with van der Waals surface area (Å²) >= 11 is 0. The molecule has 1 amide bonds. The molecule has 0 bridgehead atoms. The average molecular weight is 361 g/mol. The van der Waals surface area contributed by atoms with Crippen LogP contribution in [0, 0.1) is 24.1 Å². The van der Waals surface area contributed by atoms with E-state index in [9.17, 15) is 9.18 Å². The van der Waals surface area contributed by atoms with Gasteiger partial charge in [-0.1, -0.05) is 6.07 Å². The molecule has 0 saturated carbocycles. The van der Waals surface area contributed by atoms with Crippen molar-refractivity contribution in [3.05, 3.63) is 65.4 Å². The zero-order valence-corrected chi connectivity index (χ0v) is 14.1. The summed E-state index contributed by atoms with van der Waals surface area (Å²) in [7, 11) is 0. The number of carbonyl (C=O) groups is 1. The van der Waals surface area contributed by atoms with E-state index in [1.54, 1.807) is 31.2 Å². The number of anilines is 1. The number of nitriles is 1. The molecule has 2 aromatic carbocycles. The Morgan fingerprint density at radius 3 is 2.93 bits per heavy atom. The number of carbonyl (C=O) groups excluding carboxylic acids is 1. The van der Waals surface area contributed by atoms with Crippen LogP contribution in [-0.4, -0.2) is 21.1 Å². The van der Waals surface area contributed by atoms with Crippen LogP contribution in [0.3, 0.4) is 0 Å². The molecule has 0 saturated heterocycles. The monoisotopic (exact) mass is 361 g/mol. The summed E-state index contributed by atoms with van der Waals surface area (Å²) in [5, 5.41) is 19.4. The van der Waals surface area contributed by atoms with Crippen LogP contribution in [0.25, 0.3) is 22.4 Å². The first kappa shape index (κ1) is 16.5. The molecule has 27 heavy (non-hydrogen) atoms. The zero-order chi connectivity index (χ0) is 19.0. The van der Waals surface area contributed by atoms with Gasteiger partial charge in [-0.15, -0.1) is 0 Å². The van der Waals surface area contributed by atoms with Crippen molar-refractivity contribution in [3.8, 4) is 17.5 Å². The lowest BCUT2D eigenvalue weighted by molar-refractivity contribution is 0.102. The van der Waals surface area contributed by atoms with Gasteiger partial charge < -0.3 is 9.73 Å². The quantitative estimate of drug-likeness (QED) is 0.577. The Kier molecular flexibility index (Phi) is 3.90. The van der Waals surface area contributed by atoms with Crippen molar-refractivity contribution in [2.24, 2.45) is 0 Å². The molecule has 2 heterocycles. The van der Waals surface area contributed by atoms with E-state index >= 15 is 0 Å². The number of nitrogens with one attached hydrogen (secondary N) is 2. The second kappa shape index (κ2) is 6.38. The number of aryl methyl sites for hydroxylation is 1. The Balaban J connectivity index is 1.71. The molecule has 0 aliphatic rings. The number of amides is 1. The van der Waals surface area contributed by atoms with Crippen LogP contribution in [0.2, 0.25) is 0 Å². The second-order valence-electron chi connectivity index (χ2n) is 5.88. The van der Waals surface area contributed by atoms with Crippen LogP contribution >= 0.6 is 0 Å². The van der Waals surface area contributed by atoms with E-state index in [4.69, 9.17) is 9.68 Å². The highest BCUT2D eigenvalue weighted by Gasteiger charge is 2.19. The normalized spacial score (nSPS) is 10.7. The van der Waals surface area contributed by atoms with E-state index in [1.807, 2.05) is 0 Å². The average Bonchev–Trinajstić information content (AvgIpc) is 3.31. The maximum Gasteiger partial charge on any atom is 0.258 e. The first-order chi connectivity index (χ1) is 13.1. The lowest BCUT2D eigenvalue weighted by Gasteiger charge is -2.10. The van der Waals surface area contributed by atoms with E-state index in [-0.39, 0.29) is 11.1 Å². The number of oxazole rings is 1. The number of H-pyrrole nitrogens is 1. The van der Waals surface area contributed by atoms with Crippen molar-refractivity contribution in [3.63, 3.8) is 0 Å². The number of halogens is 1. The fourth-order valence-corrected chi connectivity index (χ4v) is 2.84. The van der Waals surface area contributed by atoms with E-state index < -0.39 is 11.7 Å². The highest BCUT2D eigenvalue weighted by molar-refractivity contribution is 6.07. The first-order valence-corrected chi connectivity index (χ1v) is 7.96. The van der Waals surface area contributed by atoms with Crippen LogP contribution < -0.4 is 5.32 Å². The fourth-order valence-electron chi connectivity index (χ4n) is 2.84. The molecule has 7 nitrogen and oxygen atoms in total. The third kappa shape index (κ3) is 2.81. The second-order valence-corrected chi connectivity index (χ2v) is 5.88. The van der Waals surface area contributed by atoms with Crippen molar-refractivity contribution in [2.45, 2.75) is 6.92 Å². The summed E-state index contributed by atoms with van der Waals surface area (Å²) in [4.78, 5) is 16.5. The largest absolute Gasteiger partial charge is 0.442 e. The van der Waals surface area contributed by atoms with Gasteiger partial charge >= 0.3 is 0 Å². The molecule has 0 atom stereocenters. The third-order valence-corrected chi connectivity index (χ3v) is 4.18. The zero-order valence-electron chi connectivity index (χ0n) is 14.1. The maximum atomic E-state index is 14.4. The Morgan fingerprint density at radius 2 is 2.19 bits per heavy atom. The molecule has 2 aromatic heterocycles. The predicted molar refractivity (Wildman–Crippen MR) is 95.4 cm³/mol. The maximum absolute atomic E-state index is 14.4. The third-order valence-electron chi connectivity index (χ3n) is 4.18. The molecule has 4 rings (SSSR count). The lowest BCUT2D eigenvalue weighted by Crippen LogP contribution is -2.16. The highest BCUT2D eigenvalue weighted by Crippen LogP contribution is 2.28. The van der Waals surface area contributed by atoms with Gasteiger partial charge in [0.25, 0.3) is 5.91 Å². The molecular weight excluding hydrogens is 349 g/mol. The van der Waals surface area contributed by atoms with Crippen molar-refractivity contribution >= 4 is 22.5 Å². The number of benzene rings is 2. The Bertz CT molecular complexity index is 1210. The Morgan fingerprint density at radius 1 is 1.33 bits per heavy atom. The fraction of sp³-hybridized carbons (Fsp3) is 0.0526. The summed E-state index contributed by atoms with van der Waals surface area (Å²) in [6.07, 6.45) is 2.84. The topological polar surface area (TPSA) is 108 Å². The SMILES string of the molecule is Cc1ccc(C#N)c(F)c1C(=O)Nc1ccc2[nH]nc(-c3cnco3)c2c1. The van der Waals surface area contributed by atoms with E-state index in [2.05, 4.69) is 20.5 Å². The molecule has 0 unspecified atom stereocenters. The Hall–Kier alpha value is -3.99. The van der Waals surface area contributed by atoms with Gasteiger partial charge in [0.15, 0.2) is 18.0 Å². The van der Waals surface area contributed by atoms with Gasteiger partial charge in [-0.05, 0) is 36.8 Å². The summed E-state index contributed by atoms with van der Waals surface area (Å²) in [6, 6.07) is 9.75. The molecule has 4 aromatic rings. The number of hydrogen-bond acceptors (Lipinski definition) is 5. The minimum atomic E-state index is -0.832. The summed E-state index contributed by atoms with van der Waals surface area (Å²) in [5.41, 5.74) is 1.85. The molecule has 2 N–H and O–H groups in total. The number of aromatic amines is 1. The van der Waals surface area contributed by atoms with Crippen LogP contribution in [-0.2, 0) is 0 Å². The van der Waals surface area contributed by atoms with Gasteiger partial charge in [-0.25, -0.2) is 9.37 Å². The molecule has 8 heteroatoms. The molecule has 0 aliphatic carbocycles. The highest BCUT2D eigenvalue weighted by atomic mass is 19.1. The standard InChI is InChI=1S/C19H12FN5O2/c1-10-2-3-11(7-21)17(20)16(10)19(26)23-12-4-5-14-13(6-12)18(25-24-14)15-8-22-9-27-15/h2-6,8-9H,1H3,(H,23,26)(H,24,25). The number of hydrogen-bond donors (Lipinski definition) is 2. The smallest absolute Gasteiger partial charge is 0.258 e. The Labute approximate surface area is 152 Å². The molecule has 0 spiro atoms. The van der Waals surface area contributed by atoms with Gasteiger partial charge in [-0.3, -0.25) is 9.89 Å². The van der Waals surface area contributed by atoms with Gasteiger partial charge in [0.05, 0.1) is 22.8 Å². The number of nitrogens with zero attached hydrogens (tertiary/aromatic N) is 3. The number of fused-ring (bicyclic) bond motifs is 1. The van der Waals surface area contributed by atoms with Gasteiger partial charge in [0, 0.05) is 11.1 Å². The first-order valence-electron chi connectivity index (χ1n) is 7.96. The van der Waals surface area contributed by atoms with Gasteiger partial charge in [0.1, 0.15) is 11.8 Å². The van der Waals surface area contributed by atoms with Crippen molar-refractivity contribution in [1.82, 2.24) is 15.2 Å². The summed E-state index contributed by atoms with van der Waals surface area (Å²) < 4.78 is 19.7. The minimum absolute atomic E-state index is 0.156. The summed E-state index contributed by atoms with van der Waals surface area (Å²) in [5.74, 6) is -0.985. The van der Waals surface area contributed by atoms with Crippen LogP contribution in [0.5, 0.6) is 0 Å². The van der Waals surface area contributed by atoms with E-state index in [0.29, 0.717) is 28.1 Å². The van der Waals surface area contributed by atoms with Crippen molar-refractivity contribution in [2.75, 3.05) is 5.32 Å². The molecule has 132 valence electrons. The molecular formula is C19H12FN5O2. The molecule has 0 aliphatic heterocycles. The van der Waals surface area contributed by atoms with Crippen LogP contribution in [0.4, 0.5) is 10.1 Å². The van der Waals surface area contributed by atoms with Crippen LogP contribution in [0.15, 0.2) is 47.3 Å². The van der Waals surface area contributed by atoms with Gasteiger partial charge in [0.2, 0.25) is 0 Å². The molecule has 0 radical (unpaired) electrons. The van der Waals surface area contributed by atoms with Crippen molar-refractivity contribution in [1.29, 1.82) is 5.26 Å². The molecule has 0 fully saturated rings. The van der Waals surface area contributed by atoms with E-state index in [0.717, 1.165) is 5.52 Å². The van der Waals surface area contributed by atoms with Gasteiger partial charge in [-0.2, -0.15) is 10.4 Å². The predicted octanol–water partition coefficient (Wildman–Crippen LogP) is 3.79. The van der Waals surface area contributed by atoms with Crippen molar-refractivity contribution < 1.29 is 13.6 Å². The van der Waals surface area contributed by atoms with Crippen LogP contribution in [0.1, 0.15) is 21.5 Å². The number of rotatable bonds is 3.